The number of fused-ring (bicyclic) bond motifs is 1. The maximum Gasteiger partial charge on any atom is 0.249 e. The molecule has 1 unspecified atom stereocenters. The van der Waals surface area contributed by atoms with E-state index < -0.39 is 0 Å². The number of anilines is 2. The number of carbonyl (C=O) groups is 1. The van der Waals surface area contributed by atoms with E-state index in [2.05, 4.69) is 16.5 Å². The number of nitrogens with one attached hydrogen (secondary N) is 1. The molecule has 0 spiro atoms. The topological polar surface area (TPSA) is 50.2 Å². The van der Waals surface area contributed by atoms with Gasteiger partial charge in [-0.25, -0.2) is 0 Å². The molecule has 1 aliphatic heterocycles. The Balaban J connectivity index is 1.73. The van der Waals surface area contributed by atoms with E-state index in [9.17, 15) is 4.79 Å². The fourth-order valence-corrected chi connectivity index (χ4v) is 3.55. The Morgan fingerprint density at radius 1 is 1.45 bits per heavy atom. The van der Waals surface area contributed by atoms with Gasteiger partial charge in [0.1, 0.15) is 6.04 Å². The third-order valence-electron chi connectivity index (χ3n) is 3.71. The summed E-state index contributed by atoms with van der Waals surface area (Å²) in [5, 5.41) is 7.46. The van der Waals surface area contributed by atoms with Crippen LogP contribution >= 0.6 is 11.8 Å². The summed E-state index contributed by atoms with van der Waals surface area (Å²) in [6, 6.07) is 7.80. The van der Waals surface area contributed by atoms with Crippen molar-refractivity contribution in [3.8, 4) is 0 Å². The zero-order valence-corrected chi connectivity index (χ0v) is 13.6. The molecule has 1 amide bonds. The van der Waals surface area contributed by atoms with E-state index in [0.29, 0.717) is 0 Å². The van der Waals surface area contributed by atoms with Crippen molar-refractivity contribution >= 4 is 29.0 Å². The average Bonchev–Trinajstić information content (AvgIpc) is 3.01. The number of aromatic nitrogens is 2. The van der Waals surface area contributed by atoms with Crippen LogP contribution in [-0.4, -0.2) is 34.0 Å². The van der Waals surface area contributed by atoms with Crippen molar-refractivity contribution in [2.75, 3.05) is 22.5 Å². The molecule has 0 fully saturated rings. The summed E-state index contributed by atoms with van der Waals surface area (Å²) in [7, 11) is 0. The van der Waals surface area contributed by atoms with Crippen LogP contribution in [0.25, 0.3) is 0 Å². The highest BCUT2D eigenvalue weighted by atomic mass is 32.2. The van der Waals surface area contributed by atoms with Gasteiger partial charge < -0.3 is 10.2 Å². The van der Waals surface area contributed by atoms with Crippen LogP contribution in [0.1, 0.15) is 13.8 Å². The van der Waals surface area contributed by atoms with Crippen LogP contribution in [0, 0.1) is 0 Å². The second-order valence-corrected chi connectivity index (χ2v) is 6.39. The average molecular weight is 316 g/mol. The van der Waals surface area contributed by atoms with Gasteiger partial charge in [0.2, 0.25) is 5.91 Å². The molecule has 22 heavy (non-hydrogen) atoms. The van der Waals surface area contributed by atoms with Gasteiger partial charge in [0.15, 0.2) is 0 Å². The van der Waals surface area contributed by atoms with Gasteiger partial charge in [-0.05, 0) is 26.0 Å². The molecule has 1 aromatic heterocycles. The number of aryl methyl sites for hydroxylation is 1. The molecule has 3 rings (SSSR count). The Morgan fingerprint density at radius 2 is 2.27 bits per heavy atom. The molecule has 0 saturated heterocycles. The summed E-state index contributed by atoms with van der Waals surface area (Å²) in [6.45, 7) is 5.51. The molecule has 1 aromatic carbocycles. The molecule has 1 atom stereocenters. The van der Waals surface area contributed by atoms with Crippen LogP contribution in [-0.2, 0) is 11.3 Å². The van der Waals surface area contributed by atoms with Crippen LogP contribution < -0.4 is 10.2 Å². The molecule has 1 N–H and O–H groups in total. The molecule has 0 radical (unpaired) electrons. The first kappa shape index (κ1) is 15.0. The molecule has 6 heteroatoms. The van der Waals surface area contributed by atoms with Crippen molar-refractivity contribution in [1.82, 2.24) is 9.78 Å². The summed E-state index contributed by atoms with van der Waals surface area (Å²) < 4.78 is 1.84. The predicted octanol–water partition coefficient (Wildman–Crippen LogP) is 2.84. The number of thioether (sulfide) groups is 1. The highest BCUT2D eigenvalue weighted by molar-refractivity contribution is 7.99. The molecule has 1 aliphatic rings. The molecular weight excluding hydrogens is 296 g/mol. The van der Waals surface area contributed by atoms with Crippen molar-refractivity contribution in [2.24, 2.45) is 0 Å². The minimum atomic E-state index is -0.286. The first-order valence-corrected chi connectivity index (χ1v) is 8.50. The van der Waals surface area contributed by atoms with Gasteiger partial charge >= 0.3 is 0 Å². The van der Waals surface area contributed by atoms with E-state index in [0.717, 1.165) is 30.2 Å². The van der Waals surface area contributed by atoms with Crippen LogP contribution in [0.15, 0.2) is 41.6 Å². The fourth-order valence-electron chi connectivity index (χ4n) is 2.55. The lowest BCUT2D eigenvalue weighted by atomic mass is 10.2. The number of hydrogen-bond acceptors (Lipinski definition) is 4. The molecule has 5 nitrogen and oxygen atoms in total. The molecule has 0 aliphatic carbocycles. The number of benzene rings is 1. The van der Waals surface area contributed by atoms with Gasteiger partial charge in [-0.2, -0.15) is 5.10 Å². The Labute approximate surface area is 134 Å². The molecule has 2 aromatic rings. The number of carbonyl (C=O) groups excluding carboxylic acids is 1. The van der Waals surface area contributed by atoms with Crippen LogP contribution in [0.3, 0.4) is 0 Å². The summed E-state index contributed by atoms with van der Waals surface area (Å²) in [4.78, 5) is 15.8. The third kappa shape index (κ3) is 2.97. The van der Waals surface area contributed by atoms with E-state index in [4.69, 9.17) is 0 Å². The van der Waals surface area contributed by atoms with Gasteiger partial charge in [-0.15, -0.1) is 11.8 Å². The predicted molar refractivity (Wildman–Crippen MR) is 90.5 cm³/mol. The van der Waals surface area contributed by atoms with Crippen molar-refractivity contribution in [2.45, 2.75) is 31.3 Å². The van der Waals surface area contributed by atoms with Gasteiger partial charge in [-0.3, -0.25) is 9.48 Å². The summed E-state index contributed by atoms with van der Waals surface area (Å²) >= 11 is 1.80. The highest BCUT2D eigenvalue weighted by Crippen LogP contribution is 2.34. The minimum Gasteiger partial charge on any atom is -0.371 e. The second-order valence-electron chi connectivity index (χ2n) is 5.26. The first-order chi connectivity index (χ1) is 10.7. The third-order valence-corrected chi connectivity index (χ3v) is 4.75. The van der Waals surface area contributed by atoms with Crippen molar-refractivity contribution in [1.29, 1.82) is 0 Å². The van der Waals surface area contributed by atoms with Crippen molar-refractivity contribution in [3.63, 3.8) is 0 Å². The zero-order chi connectivity index (χ0) is 15.5. The monoisotopic (exact) mass is 316 g/mol. The maximum absolute atomic E-state index is 12.8. The number of nitrogens with zero attached hydrogens (tertiary/aromatic N) is 3. The van der Waals surface area contributed by atoms with Gasteiger partial charge in [-0.1, -0.05) is 12.1 Å². The Bertz CT molecular complexity index is 670. The zero-order valence-electron chi connectivity index (χ0n) is 12.8. The van der Waals surface area contributed by atoms with Crippen LogP contribution in [0.5, 0.6) is 0 Å². The number of hydrogen-bond donors (Lipinski definition) is 1. The van der Waals surface area contributed by atoms with E-state index >= 15 is 0 Å². The molecule has 0 saturated carbocycles. The van der Waals surface area contributed by atoms with E-state index in [-0.39, 0.29) is 11.9 Å². The Morgan fingerprint density at radius 3 is 3.05 bits per heavy atom. The van der Waals surface area contributed by atoms with Gasteiger partial charge in [0, 0.05) is 29.9 Å². The van der Waals surface area contributed by atoms with Crippen molar-refractivity contribution < 1.29 is 4.79 Å². The lowest BCUT2D eigenvalue weighted by Crippen LogP contribution is -2.44. The first-order valence-electron chi connectivity index (χ1n) is 7.51. The number of rotatable bonds is 4. The number of amides is 1. The molecule has 116 valence electrons. The second kappa shape index (κ2) is 6.44. The Kier molecular flexibility index (Phi) is 4.38. The lowest BCUT2D eigenvalue weighted by molar-refractivity contribution is -0.119. The standard InChI is InChI=1S/C16H20N4OS/c1-3-19-11-13(10-17-19)18-12(2)16(21)20-8-9-22-15-7-5-4-6-14(15)20/h4-7,10-12,18H,3,8-9H2,1-2H3. The normalized spacial score (nSPS) is 15.3. The minimum absolute atomic E-state index is 0.0944. The van der Waals surface area contributed by atoms with Gasteiger partial charge in [0.05, 0.1) is 17.6 Å². The Hall–Kier alpha value is -1.95. The van der Waals surface area contributed by atoms with Gasteiger partial charge in [0.25, 0.3) is 0 Å². The molecule has 0 bridgehead atoms. The summed E-state index contributed by atoms with van der Waals surface area (Å²) in [5.74, 6) is 1.03. The highest BCUT2D eigenvalue weighted by Gasteiger charge is 2.26. The van der Waals surface area contributed by atoms with E-state index in [1.165, 1.54) is 4.90 Å². The van der Waals surface area contributed by atoms with Crippen LogP contribution in [0.4, 0.5) is 11.4 Å². The van der Waals surface area contributed by atoms with E-state index in [1.54, 1.807) is 18.0 Å². The quantitative estimate of drug-likeness (QED) is 0.942. The van der Waals surface area contributed by atoms with Crippen LogP contribution in [0.2, 0.25) is 0 Å². The number of para-hydroxylation sites is 1. The molecular formula is C16H20N4OS. The van der Waals surface area contributed by atoms with Crippen molar-refractivity contribution in [3.05, 3.63) is 36.7 Å². The maximum atomic E-state index is 12.8. The lowest BCUT2D eigenvalue weighted by Gasteiger charge is -2.31. The van der Waals surface area contributed by atoms with E-state index in [1.807, 2.05) is 47.8 Å². The largest absolute Gasteiger partial charge is 0.371 e. The molecule has 2 heterocycles. The fraction of sp³-hybridized carbons (Fsp3) is 0.375. The summed E-state index contributed by atoms with van der Waals surface area (Å²) in [6.07, 6.45) is 3.68. The summed E-state index contributed by atoms with van der Waals surface area (Å²) in [5.41, 5.74) is 1.89. The SMILES string of the molecule is CCn1cc(NC(C)C(=O)N2CCSc3ccccc32)cn1. The smallest absolute Gasteiger partial charge is 0.249 e.